The van der Waals surface area contributed by atoms with Gasteiger partial charge in [-0.25, -0.2) is 4.79 Å². The highest BCUT2D eigenvalue weighted by Gasteiger charge is 2.13. The van der Waals surface area contributed by atoms with Gasteiger partial charge in [0.05, 0.1) is 13.5 Å². The van der Waals surface area contributed by atoms with Crippen molar-refractivity contribution in [3.63, 3.8) is 0 Å². The van der Waals surface area contributed by atoms with Gasteiger partial charge < -0.3 is 13.9 Å². The fourth-order valence-electron chi connectivity index (χ4n) is 3.25. The lowest BCUT2D eigenvalue weighted by Gasteiger charge is -2.13. The van der Waals surface area contributed by atoms with Crippen molar-refractivity contribution in [2.24, 2.45) is 0 Å². The van der Waals surface area contributed by atoms with Crippen molar-refractivity contribution in [2.75, 3.05) is 7.11 Å². The van der Waals surface area contributed by atoms with Crippen LogP contribution in [0, 0.1) is 6.92 Å². The van der Waals surface area contributed by atoms with E-state index in [9.17, 15) is 9.59 Å². The molecule has 0 spiro atoms. The van der Waals surface area contributed by atoms with Gasteiger partial charge in [-0.1, -0.05) is 26.0 Å². The molecule has 1 aromatic heterocycles. The molecule has 0 bridgehead atoms. The number of esters is 1. The molecule has 0 aliphatic heterocycles. The molecule has 3 rings (SSSR count). The summed E-state index contributed by atoms with van der Waals surface area (Å²) in [7, 11) is 1.59. The van der Waals surface area contributed by atoms with E-state index in [2.05, 4.69) is 13.8 Å². The number of methoxy groups -OCH3 is 1. The van der Waals surface area contributed by atoms with E-state index in [1.165, 1.54) is 11.6 Å². The summed E-state index contributed by atoms with van der Waals surface area (Å²) < 4.78 is 15.9. The van der Waals surface area contributed by atoms with Crippen molar-refractivity contribution in [1.82, 2.24) is 0 Å². The minimum atomic E-state index is -0.453. The maximum Gasteiger partial charge on any atom is 0.336 e. The van der Waals surface area contributed by atoms with Gasteiger partial charge in [0.15, 0.2) is 0 Å². The topological polar surface area (TPSA) is 65.7 Å². The average Bonchev–Trinajstić information content (AvgIpc) is 2.65. The van der Waals surface area contributed by atoms with E-state index < -0.39 is 5.63 Å². The summed E-state index contributed by atoms with van der Waals surface area (Å²) in [6.07, 6.45) is 0.152. The van der Waals surface area contributed by atoms with E-state index in [1.54, 1.807) is 19.2 Å². The molecular formula is C23H24O5. The quantitative estimate of drug-likeness (QED) is 0.465. The molecule has 28 heavy (non-hydrogen) atoms. The SMILES string of the molecule is COc1ccc(CC(=O)OCc2cc(=O)oc3cc(C)c(C(C)C)cc23)cc1. The molecule has 0 N–H and O–H groups in total. The minimum absolute atomic E-state index is 0.0255. The van der Waals surface area contributed by atoms with E-state index in [-0.39, 0.29) is 19.0 Å². The first-order valence-electron chi connectivity index (χ1n) is 9.23. The third kappa shape index (κ3) is 4.42. The van der Waals surface area contributed by atoms with Gasteiger partial charge in [-0.2, -0.15) is 0 Å². The first-order chi connectivity index (χ1) is 13.4. The second kappa shape index (κ2) is 8.30. The third-order valence-corrected chi connectivity index (χ3v) is 4.74. The Balaban J connectivity index is 1.80. The van der Waals surface area contributed by atoms with Crippen molar-refractivity contribution < 1.29 is 18.7 Å². The molecular weight excluding hydrogens is 356 g/mol. The highest BCUT2D eigenvalue weighted by Crippen LogP contribution is 2.27. The summed E-state index contributed by atoms with van der Waals surface area (Å²) in [6.45, 7) is 6.25. The molecule has 1 heterocycles. The molecule has 3 aromatic rings. The van der Waals surface area contributed by atoms with E-state index in [1.807, 2.05) is 31.2 Å². The second-order valence-electron chi connectivity index (χ2n) is 7.14. The Hall–Kier alpha value is -3.08. The summed E-state index contributed by atoms with van der Waals surface area (Å²) in [5.74, 6) is 0.709. The zero-order chi connectivity index (χ0) is 20.3. The Morgan fingerprint density at radius 2 is 1.82 bits per heavy atom. The third-order valence-electron chi connectivity index (χ3n) is 4.74. The molecule has 0 fully saturated rings. The number of hydrogen-bond acceptors (Lipinski definition) is 5. The zero-order valence-corrected chi connectivity index (χ0v) is 16.6. The molecule has 0 unspecified atom stereocenters. The lowest BCUT2D eigenvalue weighted by Crippen LogP contribution is -2.10. The molecule has 0 atom stereocenters. The number of carbonyl (C=O) groups excluding carboxylic acids is 1. The van der Waals surface area contributed by atoms with Crippen molar-refractivity contribution in [3.8, 4) is 5.75 Å². The van der Waals surface area contributed by atoms with Gasteiger partial charge in [0, 0.05) is 17.0 Å². The Morgan fingerprint density at radius 1 is 1.11 bits per heavy atom. The number of rotatable bonds is 6. The van der Waals surface area contributed by atoms with Crippen LogP contribution in [0.3, 0.4) is 0 Å². The predicted octanol–water partition coefficient (Wildman–Crippen LogP) is 4.52. The van der Waals surface area contributed by atoms with Gasteiger partial charge in [-0.15, -0.1) is 0 Å². The molecule has 2 aromatic carbocycles. The monoisotopic (exact) mass is 380 g/mol. The Kier molecular flexibility index (Phi) is 5.83. The lowest BCUT2D eigenvalue weighted by atomic mass is 9.95. The Morgan fingerprint density at radius 3 is 2.46 bits per heavy atom. The maximum atomic E-state index is 12.2. The standard InChI is InChI=1S/C23H24O5/c1-14(2)19-12-20-17(11-23(25)28-21(20)9-15(19)3)13-27-22(24)10-16-5-7-18(26-4)8-6-16/h5-9,11-12,14H,10,13H2,1-4H3. The van der Waals surface area contributed by atoms with Crippen LogP contribution in [0.2, 0.25) is 0 Å². The van der Waals surface area contributed by atoms with E-state index >= 15 is 0 Å². The number of fused-ring (bicyclic) bond motifs is 1. The van der Waals surface area contributed by atoms with Crippen molar-refractivity contribution in [1.29, 1.82) is 0 Å². The number of ether oxygens (including phenoxy) is 2. The summed E-state index contributed by atoms with van der Waals surface area (Å²) in [6, 6.07) is 12.5. The van der Waals surface area contributed by atoms with Gasteiger partial charge >= 0.3 is 11.6 Å². The lowest BCUT2D eigenvalue weighted by molar-refractivity contribution is -0.144. The molecule has 0 amide bonds. The maximum absolute atomic E-state index is 12.2. The van der Waals surface area contributed by atoms with Gasteiger partial charge in [0.2, 0.25) is 0 Å². The normalized spacial score (nSPS) is 11.0. The van der Waals surface area contributed by atoms with Crippen LogP contribution in [-0.2, 0) is 22.6 Å². The van der Waals surface area contributed by atoms with Gasteiger partial charge in [-0.3, -0.25) is 4.79 Å². The van der Waals surface area contributed by atoms with Crippen molar-refractivity contribution >= 4 is 16.9 Å². The van der Waals surface area contributed by atoms with Crippen LogP contribution in [0.25, 0.3) is 11.0 Å². The first kappa shape index (κ1) is 19.7. The van der Waals surface area contributed by atoms with Crippen LogP contribution in [0.15, 0.2) is 51.7 Å². The number of hydrogen-bond donors (Lipinski definition) is 0. The van der Waals surface area contributed by atoms with Gasteiger partial charge in [0.1, 0.15) is 17.9 Å². The molecule has 5 nitrogen and oxygen atoms in total. The zero-order valence-electron chi connectivity index (χ0n) is 16.6. The summed E-state index contributed by atoms with van der Waals surface area (Å²) in [5.41, 5.74) is 3.78. The van der Waals surface area contributed by atoms with Gasteiger partial charge in [0.25, 0.3) is 0 Å². The largest absolute Gasteiger partial charge is 0.497 e. The molecule has 5 heteroatoms. The van der Waals surface area contributed by atoms with Crippen molar-refractivity contribution in [3.05, 3.63) is 75.1 Å². The Labute approximate surface area is 163 Å². The summed E-state index contributed by atoms with van der Waals surface area (Å²) in [4.78, 5) is 24.1. The fraction of sp³-hybridized carbons (Fsp3) is 0.304. The molecule has 0 aliphatic rings. The minimum Gasteiger partial charge on any atom is -0.497 e. The molecule has 0 radical (unpaired) electrons. The first-order valence-corrected chi connectivity index (χ1v) is 9.23. The Bertz CT molecular complexity index is 1050. The van der Waals surface area contributed by atoms with E-state index in [4.69, 9.17) is 13.9 Å². The average molecular weight is 380 g/mol. The molecule has 0 aliphatic carbocycles. The van der Waals surface area contributed by atoms with Crippen LogP contribution in [0.4, 0.5) is 0 Å². The van der Waals surface area contributed by atoms with Crippen LogP contribution in [0.1, 0.15) is 42.0 Å². The molecule has 146 valence electrons. The van der Waals surface area contributed by atoms with E-state index in [0.717, 1.165) is 22.3 Å². The van der Waals surface area contributed by atoms with Crippen LogP contribution >= 0.6 is 0 Å². The number of aryl methyl sites for hydroxylation is 1. The highest BCUT2D eigenvalue weighted by atomic mass is 16.5. The second-order valence-corrected chi connectivity index (χ2v) is 7.14. The molecule has 0 saturated heterocycles. The van der Waals surface area contributed by atoms with Crippen molar-refractivity contribution in [2.45, 2.75) is 39.7 Å². The number of benzene rings is 2. The van der Waals surface area contributed by atoms with Crippen LogP contribution in [0.5, 0.6) is 5.75 Å². The highest BCUT2D eigenvalue weighted by molar-refractivity contribution is 5.82. The van der Waals surface area contributed by atoms with Crippen LogP contribution < -0.4 is 10.4 Å². The van der Waals surface area contributed by atoms with E-state index in [0.29, 0.717) is 17.1 Å². The van der Waals surface area contributed by atoms with Crippen LogP contribution in [-0.4, -0.2) is 13.1 Å². The molecule has 0 saturated carbocycles. The summed E-state index contributed by atoms with van der Waals surface area (Å²) in [5, 5.41) is 0.797. The fourth-order valence-corrected chi connectivity index (χ4v) is 3.25. The smallest absolute Gasteiger partial charge is 0.336 e. The number of carbonyl (C=O) groups is 1. The summed E-state index contributed by atoms with van der Waals surface area (Å²) >= 11 is 0. The van der Waals surface area contributed by atoms with Gasteiger partial charge in [-0.05, 0) is 53.8 Å². The predicted molar refractivity (Wildman–Crippen MR) is 108 cm³/mol.